The van der Waals surface area contributed by atoms with Gasteiger partial charge in [-0.05, 0) is 19.3 Å². The summed E-state index contributed by atoms with van der Waals surface area (Å²) >= 11 is 0. The number of aryl methyl sites for hydroxylation is 1. The van der Waals surface area contributed by atoms with Gasteiger partial charge in [-0.1, -0.05) is 0 Å². The number of nitrogens with two attached hydrogens (primary N) is 1. The molecule has 3 heterocycles. The van der Waals surface area contributed by atoms with Crippen LogP contribution in [0.5, 0.6) is 0 Å². The number of aromatic nitrogens is 3. The van der Waals surface area contributed by atoms with Crippen molar-refractivity contribution in [1.82, 2.24) is 14.8 Å². The summed E-state index contributed by atoms with van der Waals surface area (Å²) in [5, 5.41) is 4.51. The van der Waals surface area contributed by atoms with Crippen molar-refractivity contribution >= 4 is 0 Å². The minimum absolute atomic E-state index is 0.0253. The molecule has 1 aromatic rings. The van der Waals surface area contributed by atoms with Crippen molar-refractivity contribution in [3.63, 3.8) is 0 Å². The van der Waals surface area contributed by atoms with Crippen LogP contribution in [0.2, 0.25) is 0 Å². The van der Waals surface area contributed by atoms with E-state index in [9.17, 15) is 0 Å². The predicted molar refractivity (Wildman–Crippen MR) is 54.4 cm³/mol. The molecular weight excluding hydrogens is 192 g/mol. The van der Waals surface area contributed by atoms with Crippen molar-refractivity contribution < 1.29 is 4.74 Å². The van der Waals surface area contributed by atoms with Gasteiger partial charge < -0.3 is 10.5 Å². The Hall–Kier alpha value is -0.940. The molecule has 3 rings (SSSR count). The normalized spacial score (nSPS) is 30.5. The maximum Gasteiger partial charge on any atom is 0.156 e. The lowest BCUT2D eigenvalue weighted by Crippen LogP contribution is -2.25. The first-order chi connectivity index (χ1) is 7.34. The van der Waals surface area contributed by atoms with E-state index in [0.29, 0.717) is 5.92 Å². The fraction of sp³-hybridized carbons (Fsp3) is 0.800. The lowest BCUT2D eigenvalue weighted by atomic mass is 10.1. The van der Waals surface area contributed by atoms with Gasteiger partial charge in [0.25, 0.3) is 0 Å². The Morgan fingerprint density at radius 3 is 3.07 bits per heavy atom. The smallest absolute Gasteiger partial charge is 0.156 e. The number of ether oxygens (including phenoxy) is 1. The molecule has 2 atom stereocenters. The second kappa shape index (κ2) is 3.57. The quantitative estimate of drug-likeness (QED) is 0.733. The van der Waals surface area contributed by atoms with Crippen LogP contribution in [0.3, 0.4) is 0 Å². The molecule has 2 unspecified atom stereocenters. The molecule has 0 spiro atoms. The van der Waals surface area contributed by atoms with Gasteiger partial charge in [-0.3, -0.25) is 0 Å². The van der Waals surface area contributed by atoms with Crippen LogP contribution in [0, 0.1) is 0 Å². The van der Waals surface area contributed by atoms with Crippen LogP contribution in [0.15, 0.2) is 0 Å². The Labute approximate surface area is 88.6 Å². The van der Waals surface area contributed by atoms with E-state index in [1.165, 1.54) is 0 Å². The van der Waals surface area contributed by atoms with Gasteiger partial charge in [0.05, 0.1) is 6.61 Å². The molecule has 15 heavy (non-hydrogen) atoms. The molecule has 1 fully saturated rings. The van der Waals surface area contributed by atoms with Crippen LogP contribution in [0.4, 0.5) is 0 Å². The fourth-order valence-corrected chi connectivity index (χ4v) is 2.31. The van der Waals surface area contributed by atoms with E-state index in [1.807, 2.05) is 4.68 Å². The van der Waals surface area contributed by atoms with Crippen molar-refractivity contribution in [1.29, 1.82) is 0 Å². The third-order valence-electron chi connectivity index (χ3n) is 3.23. The lowest BCUT2D eigenvalue weighted by molar-refractivity contribution is 0.193. The highest BCUT2D eigenvalue weighted by Gasteiger charge is 2.26. The second-order valence-corrected chi connectivity index (χ2v) is 4.35. The Morgan fingerprint density at radius 1 is 1.40 bits per heavy atom. The van der Waals surface area contributed by atoms with Crippen molar-refractivity contribution in [2.24, 2.45) is 5.73 Å². The van der Waals surface area contributed by atoms with Gasteiger partial charge in [-0.2, -0.15) is 5.10 Å². The van der Waals surface area contributed by atoms with Crippen molar-refractivity contribution in [3.05, 3.63) is 11.6 Å². The van der Waals surface area contributed by atoms with E-state index in [1.54, 1.807) is 0 Å². The van der Waals surface area contributed by atoms with Crippen LogP contribution in [-0.2, 0) is 11.2 Å². The number of fused-ring (bicyclic) bond motifs is 1. The highest BCUT2D eigenvalue weighted by molar-refractivity contribution is 5.03. The average Bonchev–Trinajstić information content (AvgIpc) is 2.86. The third-order valence-corrected chi connectivity index (χ3v) is 3.23. The topological polar surface area (TPSA) is 66.0 Å². The molecule has 5 heteroatoms. The Kier molecular flexibility index (Phi) is 2.21. The summed E-state index contributed by atoms with van der Waals surface area (Å²) in [6, 6.07) is 0. The highest BCUT2D eigenvalue weighted by atomic mass is 16.5. The Balaban J connectivity index is 1.90. The molecule has 5 nitrogen and oxygen atoms in total. The first-order valence-corrected chi connectivity index (χ1v) is 5.63. The first kappa shape index (κ1) is 9.30. The molecule has 0 amide bonds. The van der Waals surface area contributed by atoms with Gasteiger partial charge in [0.15, 0.2) is 5.82 Å². The molecular formula is C10H16N4O. The van der Waals surface area contributed by atoms with E-state index in [2.05, 4.69) is 10.1 Å². The highest BCUT2D eigenvalue weighted by Crippen LogP contribution is 2.25. The average molecular weight is 208 g/mol. The van der Waals surface area contributed by atoms with Crippen LogP contribution in [0.25, 0.3) is 0 Å². The molecule has 2 aliphatic rings. The van der Waals surface area contributed by atoms with E-state index < -0.39 is 0 Å². The summed E-state index contributed by atoms with van der Waals surface area (Å²) in [6.07, 6.45) is 4.21. The molecule has 2 aliphatic heterocycles. The summed E-state index contributed by atoms with van der Waals surface area (Å²) in [5.74, 6) is 2.37. The molecule has 0 aromatic carbocycles. The van der Waals surface area contributed by atoms with E-state index in [-0.39, 0.29) is 6.17 Å². The van der Waals surface area contributed by atoms with Crippen LogP contribution in [0.1, 0.15) is 43.0 Å². The molecule has 82 valence electrons. The molecule has 0 bridgehead atoms. The number of hydrogen-bond donors (Lipinski definition) is 1. The van der Waals surface area contributed by atoms with Gasteiger partial charge >= 0.3 is 0 Å². The van der Waals surface area contributed by atoms with Crippen LogP contribution < -0.4 is 5.73 Å². The number of rotatable bonds is 1. The molecule has 0 saturated carbocycles. The zero-order chi connectivity index (χ0) is 10.3. The minimum atomic E-state index is 0.0253. The summed E-state index contributed by atoms with van der Waals surface area (Å²) in [6.45, 7) is 1.60. The SMILES string of the molecule is NC1CCCc2nc(C3CCOC3)nn21. The summed E-state index contributed by atoms with van der Waals surface area (Å²) in [5.41, 5.74) is 5.99. The molecule has 1 aromatic heterocycles. The van der Waals surface area contributed by atoms with Crippen LogP contribution in [-0.4, -0.2) is 28.0 Å². The van der Waals surface area contributed by atoms with E-state index >= 15 is 0 Å². The Morgan fingerprint density at radius 2 is 2.33 bits per heavy atom. The molecule has 0 aliphatic carbocycles. The Bertz CT molecular complexity index is 356. The molecule has 0 radical (unpaired) electrons. The second-order valence-electron chi connectivity index (χ2n) is 4.35. The van der Waals surface area contributed by atoms with E-state index in [4.69, 9.17) is 10.5 Å². The van der Waals surface area contributed by atoms with Gasteiger partial charge in [-0.15, -0.1) is 0 Å². The van der Waals surface area contributed by atoms with E-state index in [0.717, 1.165) is 50.5 Å². The van der Waals surface area contributed by atoms with Gasteiger partial charge in [0, 0.05) is 18.9 Å². The van der Waals surface area contributed by atoms with Crippen molar-refractivity contribution in [2.75, 3.05) is 13.2 Å². The minimum Gasteiger partial charge on any atom is -0.381 e. The maximum absolute atomic E-state index is 5.99. The third kappa shape index (κ3) is 1.55. The number of hydrogen-bond acceptors (Lipinski definition) is 4. The van der Waals surface area contributed by atoms with Gasteiger partial charge in [0.1, 0.15) is 12.0 Å². The summed E-state index contributed by atoms with van der Waals surface area (Å²) in [4.78, 5) is 4.58. The summed E-state index contributed by atoms with van der Waals surface area (Å²) < 4.78 is 7.25. The lowest BCUT2D eigenvalue weighted by Gasteiger charge is -2.18. The van der Waals surface area contributed by atoms with Gasteiger partial charge in [-0.25, -0.2) is 9.67 Å². The zero-order valence-corrected chi connectivity index (χ0v) is 8.72. The largest absolute Gasteiger partial charge is 0.381 e. The van der Waals surface area contributed by atoms with Crippen molar-refractivity contribution in [2.45, 2.75) is 37.8 Å². The van der Waals surface area contributed by atoms with Gasteiger partial charge in [0.2, 0.25) is 0 Å². The zero-order valence-electron chi connectivity index (χ0n) is 8.72. The predicted octanol–water partition coefficient (Wildman–Crippen LogP) is 0.576. The first-order valence-electron chi connectivity index (χ1n) is 5.63. The molecule has 2 N–H and O–H groups in total. The fourth-order valence-electron chi connectivity index (χ4n) is 2.31. The van der Waals surface area contributed by atoms with Crippen LogP contribution >= 0.6 is 0 Å². The number of nitrogens with zero attached hydrogens (tertiary/aromatic N) is 3. The summed E-state index contributed by atoms with van der Waals surface area (Å²) in [7, 11) is 0. The molecule has 1 saturated heterocycles. The maximum atomic E-state index is 5.99. The monoisotopic (exact) mass is 208 g/mol. The standard InChI is InChI=1S/C10H16N4O/c11-8-2-1-3-9-12-10(13-14(8)9)7-4-5-15-6-7/h7-8H,1-6,11H2. The van der Waals surface area contributed by atoms with Crippen molar-refractivity contribution in [3.8, 4) is 0 Å².